The number of carbonyl (C=O) groups is 2. The van der Waals surface area contributed by atoms with Crippen molar-refractivity contribution in [3.05, 3.63) is 57.7 Å². The van der Waals surface area contributed by atoms with Gasteiger partial charge in [-0.25, -0.2) is 9.97 Å². The van der Waals surface area contributed by atoms with Gasteiger partial charge in [-0.2, -0.15) is 0 Å². The van der Waals surface area contributed by atoms with Gasteiger partial charge in [0.1, 0.15) is 5.76 Å². The number of aromatic nitrogens is 4. The number of carbonyl (C=O) groups excluding carboxylic acids is 2. The minimum atomic E-state index is -0.385. The summed E-state index contributed by atoms with van der Waals surface area (Å²) in [4.78, 5) is 39.6. The molecular formula is C26H29N7O3S. The molecule has 2 aliphatic rings. The van der Waals surface area contributed by atoms with E-state index in [0.29, 0.717) is 29.0 Å². The summed E-state index contributed by atoms with van der Waals surface area (Å²) in [5.74, 6) is 1.60. The Kier molecular flexibility index (Phi) is 7.33. The molecule has 0 spiro atoms. The van der Waals surface area contributed by atoms with Crippen LogP contribution in [0, 0.1) is 26.7 Å². The number of amides is 2. The van der Waals surface area contributed by atoms with Crippen LogP contribution in [0.4, 0.5) is 10.7 Å². The number of nitrogens with zero attached hydrogens (tertiary/aromatic N) is 5. The Hall–Kier alpha value is -3.57. The van der Waals surface area contributed by atoms with Gasteiger partial charge in [-0.15, -0.1) is 0 Å². The van der Waals surface area contributed by atoms with E-state index in [1.165, 1.54) is 0 Å². The standard InChI is InChI=1S/C26H29N7O3S/c1-15-10-20(29-21(11-15)23-16(2)32-36-17(23)3)14-27-13-18-5-8-33(9-6-18)25-28-7-4-19(30-25)12-22-24(34)31-26(35)37-22/h4,7,10-12,18,27H,5-6,8-9,13-14H2,1-3H3,(H,31,34,35)/b22-12+. The lowest BCUT2D eigenvalue weighted by Crippen LogP contribution is -2.38. The zero-order valence-corrected chi connectivity index (χ0v) is 21.9. The lowest BCUT2D eigenvalue weighted by Gasteiger charge is -2.32. The first-order valence-corrected chi connectivity index (χ1v) is 13.1. The summed E-state index contributed by atoms with van der Waals surface area (Å²) in [6.07, 6.45) is 5.37. The van der Waals surface area contributed by atoms with E-state index in [1.807, 2.05) is 13.8 Å². The zero-order valence-electron chi connectivity index (χ0n) is 21.1. The van der Waals surface area contributed by atoms with Gasteiger partial charge in [-0.05, 0) is 87.7 Å². The molecule has 2 fully saturated rings. The van der Waals surface area contributed by atoms with E-state index >= 15 is 0 Å². The molecule has 2 aliphatic heterocycles. The lowest BCUT2D eigenvalue weighted by atomic mass is 9.97. The van der Waals surface area contributed by atoms with Crippen molar-refractivity contribution < 1.29 is 14.1 Å². The molecule has 0 aromatic carbocycles. The van der Waals surface area contributed by atoms with Gasteiger partial charge in [0.15, 0.2) is 0 Å². The lowest BCUT2D eigenvalue weighted by molar-refractivity contribution is -0.115. The normalized spacial score (nSPS) is 17.6. The maximum Gasteiger partial charge on any atom is 0.290 e. The van der Waals surface area contributed by atoms with Crippen molar-refractivity contribution in [3.8, 4) is 11.3 Å². The third kappa shape index (κ3) is 5.89. The minimum Gasteiger partial charge on any atom is -0.361 e. The molecule has 10 nitrogen and oxygen atoms in total. The highest BCUT2D eigenvalue weighted by molar-refractivity contribution is 8.18. The van der Waals surface area contributed by atoms with Gasteiger partial charge < -0.3 is 14.7 Å². The maximum atomic E-state index is 11.8. The molecule has 3 aromatic heterocycles. The number of anilines is 1. The number of nitrogens with one attached hydrogen (secondary N) is 2. The van der Waals surface area contributed by atoms with Crippen LogP contribution in [0.15, 0.2) is 33.8 Å². The molecule has 0 unspecified atom stereocenters. The Balaban J connectivity index is 1.14. The third-order valence-electron chi connectivity index (χ3n) is 6.53. The predicted octanol–water partition coefficient (Wildman–Crippen LogP) is 3.78. The fourth-order valence-electron chi connectivity index (χ4n) is 4.70. The van der Waals surface area contributed by atoms with E-state index in [-0.39, 0.29) is 11.1 Å². The highest BCUT2D eigenvalue weighted by Crippen LogP contribution is 2.27. The Labute approximate surface area is 219 Å². The molecule has 3 aromatic rings. The fourth-order valence-corrected chi connectivity index (χ4v) is 5.37. The van der Waals surface area contributed by atoms with Crippen molar-refractivity contribution in [2.24, 2.45) is 5.92 Å². The van der Waals surface area contributed by atoms with E-state index in [4.69, 9.17) is 9.51 Å². The maximum absolute atomic E-state index is 11.8. The molecule has 2 amide bonds. The quantitative estimate of drug-likeness (QED) is 0.445. The third-order valence-corrected chi connectivity index (χ3v) is 7.34. The number of piperidine rings is 1. The Morgan fingerprint density at radius 2 is 2.00 bits per heavy atom. The Morgan fingerprint density at radius 3 is 2.70 bits per heavy atom. The van der Waals surface area contributed by atoms with Gasteiger partial charge in [0.25, 0.3) is 11.1 Å². The van der Waals surface area contributed by atoms with Crippen molar-refractivity contribution in [3.63, 3.8) is 0 Å². The molecule has 0 radical (unpaired) electrons. The first kappa shape index (κ1) is 25.1. The van der Waals surface area contributed by atoms with Gasteiger partial charge in [-0.1, -0.05) is 5.16 Å². The van der Waals surface area contributed by atoms with Crippen LogP contribution in [-0.2, 0) is 11.3 Å². The summed E-state index contributed by atoms with van der Waals surface area (Å²) in [5.41, 5.74) is 5.50. The van der Waals surface area contributed by atoms with Crippen LogP contribution in [0.1, 0.15) is 41.2 Å². The smallest absolute Gasteiger partial charge is 0.290 e. The van der Waals surface area contributed by atoms with E-state index in [2.05, 4.69) is 49.7 Å². The van der Waals surface area contributed by atoms with Gasteiger partial charge >= 0.3 is 0 Å². The summed E-state index contributed by atoms with van der Waals surface area (Å²) in [7, 11) is 0. The highest BCUT2D eigenvalue weighted by atomic mass is 32.2. The number of pyridine rings is 1. The molecule has 192 valence electrons. The first-order valence-electron chi connectivity index (χ1n) is 12.3. The molecule has 0 saturated carbocycles. The minimum absolute atomic E-state index is 0.348. The number of hydrogen-bond acceptors (Lipinski definition) is 10. The van der Waals surface area contributed by atoms with Crippen LogP contribution in [0.3, 0.4) is 0 Å². The van der Waals surface area contributed by atoms with Crippen molar-refractivity contribution in [1.29, 1.82) is 0 Å². The molecule has 0 aliphatic carbocycles. The van der Waals surface area contributed by atoms with Crippen LogP contribution >= 0.6 is 11.8 Å². The molecular weight excluding hydrogens is 490 g/mol. The van der Waals surface area contributed by atoms with Crippen LogP contribution < -0.4 is 15.5 Å². The summed E-state index contributed by atoms with van der Waals surface area (Å²) in [6.45, 7) is 9.27. The Morgan fingerprint density at radius 1 is 1.19 bits per heavy atom. The van der Waals surface area contributed by atoms with E-state index in [9.17, 15) is 9.59 Å². The molecule has 11 heteroatoms. The number of imide groups is 1. The van der Waals surface area contributed by atoms with Crippen molar-refractivity contribution in [2.45, 2.75) is 40.2 Å². The SMILES string of the molecule is Cc1cc(CNCC2CCN(c3nccc(/C=C4/SC(=O)NC4=O)n3)CC2)nc(-c2c(C)noc2C)c1. The van der Waals surface area contributed by atoms with Crippen molar-refractivity contribution in [1.82, 2.24) is 30.7 Å². The Bertz CT molecular complexity index is 1340. The van der Waals surface area contributed by atoms with Gasteiger partial charge in [0.05, 0.1) is 33.2 Å². The summed E-state index contributed by atoms with van der Waals surface area (Å²) in [6, 6.07) is 5.92. The molecule has 2 saturated heterocycles. The van der Waals surface area contributed by atoms with E-state index in [0.717, 1.165) is 78.2 Å². The molecule has 37 heavy (non-hydrogen) atoms. The zero-order chi connectivity index (χ0) is 25.9. The van der Waals surface area contributed by atoms with Crippen LogP contribution in [-0.4, -0.2) is 50.9 Å². The van der Waals surface area contributed by atoms with Crippen LogP contribution in [0.5, 0.6) is 0 Å². The second-order valence-corrected chi connectivity index (χ2v) is 10.4. The second kappa shape index (κ2) is 10.8. The summed E-state index contributed by atoms with van der Waals surface area (Å²) in [5, 5.41) is 9.55. The van der Waals surface area contributed by atoms with Gasteiger partial charge in [-0.3, -0.25) is 19.9 Å². The summed E-state index contributed by atoms with van der Waals surface area (Å²) < 4.78 is 5.32. The molecule has 0 atom stereocenters. The van der Waals surface area contributed by atoms with Crippen molar-refractivity contribution >= 4 is 34.9 Å². The predicted molar refractivity (Wildman–Crippen MR) is 142 cm³/mol. The number of rotatable bonds is 7. The van der Waals surface area contributed by atoms with E-state index in [1.54, 1.807) is 18.3 Å². The van der Waals surface area contributed by atoms with Crippen LogP contribution in [0.2, 0.25) is 0 Å². The number of thioether (sulfide) groups is 1. The van der Waals surface area contributed by atoms with Gasteiger partial charge in [0.2, 0.25) is 5.95 Å². The van der Waals surface area contributed by atoms with Gasteiger partial charge in [0, 0.05) is 25.8 Å². The van der Waals surface area contributed by atoms with Crippen LogP contribution in [0.25, 0.3) is 17.3 Å². The summed E-state index contributed by atoms with van der Waals surface area (Å²) >= 11 is 0.887. The first-order chi connectivity index (χ1) is 17.9. The molecule has 5 rings (SSSR count). The average molecular weight is 520 g/mol. The largest absolute Gasteiger partial charge is 0.361 e. The van der Waals surface area contributed by atoms with E-state index < -0.39 is 0 Å². The number of hydrogen-bond donors (Lipinski definition) is 2. The molecule has 0 bridgehead atoms. The second-order valence-electron chi connectivity index (χ2n) is 9.42. The highest BCUT2D eigenvalue weighted by Gasteiger charge is 2.26. The number of aryl methyl sites for hydroxylation is 3. The molecule has 2 N–H and O–H groups in total. The average Bonchev–Trinajstić information content (AvgIpc) is 3.38. The fraction of sp³-hybridized carbons (Fsp3) is 0.385. The topological polar surface area (TPSA) is 126 Å². The monoisotopic (exact) mass is 519 g/mol. The molecule has 5 heterocycles. The van der Waals surface area contributed by atoms with Crippen molar-refractivity contribution in [2.75, 3.05) is 24.5 Å².